The van der Waals surface area contributed by atoms with E-state index in [0.29, 0.717) is 23.2 Å². The number of nitrogens with two attached hydrogens (primary N) is 1. The molecule has 0 radical (unpaired) electrons. The van der Waals surface area contributed by atoms with Crippen molar-refractivity contribution < 1.29 is 9.59 Å². The van der Waals surface area contributed by atoms with Gasteiger partial charge in [0.05, 0.1) is 0 Å². The number of amides is 3. The second-order valence-electron chi connectivity index (χ2n) is 5.97. The summed E-state index contributed by atoms with van der Waals surface area (Å²) in [6.07, 6.45) is 5.89. The maximum absolute atomic E-state index is 12.5. The number of piperidine rings is 1. The smallest absolute Gasteiger partial charge is 0.322 e. The zero-order valence-corrected chi connectivity index (χ0v) is 12.0. The van der Waals surface area contributed by atoms with E-state index in [2.05, 4.69) is 5.32 Å². The van der Waals surface area contributed by atoms with E-state index in [1.807, 2.05) is 4.90 Å². The van der Waals surface area contributed by atoms with Crippen LogP contribution in [0.5, 0.6) is 0 Å². The number of nitrogens with one attached hydrogen (secondary N) is 1. The lowest BCUT2D eigenvalue weighted by atomic mass is 9.92. The van der Waals surface area contributed by atoms with Crippen LogP contribution in [0.3, 0.4) is 0 Å². The van der Waals surface area contributed by atoms with Gasteiger partial charge in [-0.1, -0.05) is 12.5 Å². The number of carbonyl (C=O) groups is 2. The van der Waals surface area contributed by atoms with Crippen molar-refractivity contribution in [1.29, 1.82) is 0 Å². The van der Waals surface area contributed by atoms with Gasteiger partial charge >= 0.3 is 6.03 Å². The van der Waals surface area contributed by atoms with Gasteiger partial charge in [-0.3, -0.25) is 4.79 Å². The number of anilines is 1. The summed E-state index contributed by atoms with van der Waals surface area (Å²) in [4.78, 5) is 25.6. The van der Waals surface area contributed by atoms with E-state index in [1.54, 1.807) is 24.3 Å². The lowest BCUT2D eigenvalue weighted by Gasteiger charge is -2.37. The minimum atomic E-state index is -0.486. The highest BCUT2D eigenvalue weighted by Crippen LogP contribution is 2.36. The standard InChI is InChI=1S/C16H21N3O2/c17-15(20)12-5-1-7-13(10-12)18-16(21)19-9-3-6-11-4-2-8-14(11)19/h1,5,7,10-11,14H,2-4,6,8-9H2,(H2,17,20)(H,18,21)/t11-,14+/m0/s1. The highest BCUT2D eigenvalue weighted by atomic mass is 16.2. The number of hydrogen-bond acceptors (Lipinski definition) is 2. The van der Waals surface area contributed by atoms with Crippen LogP contribution in [0.25, 0.3) is 0 Å². The number of carbonyl (C=O) groups excluding carboxylic acids is 2. The molecule has 112 valence electrons. The average molecular weight is 287 g/mol. The molecule has 0 spiro atoms. The van der Waals surface area contributed by atoms with Gasteiger partial charge in [-0.15, -0.1) is 0 Å². The minimum absolute atomic E-state index is 0.0618. The molecule has 0 bridgehead atoms. The van der Waals surface area contributed by atoms with Gasteiger partial charge in [-0.25, -0.2) is 4.79 Å². The molecule has 0 aromatic heterocycles. The lowest BCUT2D eigenvalue weighted by Crippen LogP contribution is -2.48. The van der Waals surface area contributed by atoms with Crippen molar-refractivity contribution in [2.75, 3.05) is 11.9 Å². The molecule has 1 heterocycles. The summed E-state index contributed by atoms with van der Waals surface area (Å²) in [6, 6.07) is 7.10. The van der Waals surface area contributed by atoms with Gasteiger partial charge in [0.1, 0.15) is 0 Å². The first-order chi connectivity index (χ1) is 10.1. The normalized spacial score (nSPS) is 24.5. The van der Waals surface area contributed by atoms with Crippen molar-refractivity contribution in [2.24, 2.45) is 11.7 Å². The minimum Gasteiger partial charge on any atom is -0.366 e. The molecule has 3 N–H and O–H groups in total. The third-order valence-corrected chi connectivity index (χ3v) is 4.65. The summed E-state index contributed by atoms with van der Waals surface area (Å²) in [7, 11) is 0. The largest absolute Gasteiger partial charge is 0.366 e. The van der Waals surface area contributed by atoms with Crippen molar-refractivity contribution in [3.05, 3.63) is 29.8 Å². The Balaban J connectivity index is 1.71. The van der Waals surface area contributed by atoms with Crippen molar-refractivity contribution in [2.45, 2.75) is 38.1 Å². The molecule has 1 aromatic carbocycles. The molecular weight excluding hydrogens is 266 g/mol. The van der Waals surface area contributed by atoms with Crippen LogP contribution in [0.2, 0.25) is 0 Å². The van der Waals surface area contributed by atoms with Crippen LogP contribution in [0.15, 0.2) is 24.3 Å². The number of hydrogen-bond donors (Lipinski definition) is 2. The molecule has 1 saturated carbocycles. The molecule has 1 aliphatic heterocycles. The Morgan fingerprint density at radius 1 is 1.19 bits per heavy atom. The Labute approximate surface area is 124 Å². The van der Waals surface area contributed by atoms with Gasteiger partial charge in [0.25, 0.3) is 0 Å². The van der Waals surface area contributed by atoms with Gasteiger partial charge < -0.3 is 16.0 Å². The first kappa shape index (κ1) is 13.9. The molecule has 0 unspecified atom stereocenters. The molecule has 5 heteroatoms. The molecule has 2 fully saturated rings. The van der Waals surface area contributed by atoms with E-state index in [1.165, 1.54) is 19.3 Å². The van der Waals surface area contributed by atoms with Gasteiger partial charge in [-0.2, -0.15) is 0 Å². The Morgan fingerprint density at radius 3 is 2.81 bits per heavy atom. The highest BCUT2D eigenvalue weighted by molar-refractivity contribution is 5.96. The predicted molar refractivity (Wildman–Crippen MR) is 81.0 cm³/mol. The Hall–Kier alpha value is -2.04. The molecule has 5 nitrogen and oxygen atoms in total. The summed E-state index contributed by atoms with van der Waals surface area (Å²) in [6.45, 7) is 0.822. The number of fused-ring (bicyclic) bond motifs is 1. The number of primary amides is 1. The van der Waals surface area contributed by atoms with E-state index in [-0.39, 0.29) is 6.03 Å². The molecular formula is C16H21N3O2. The maximum Gasteiger partial charge on any atom is 0.322 e. The highest BCUT2D eigenvalue weighted by Gasteiger charge is 2.37. The quantitative estimate of drug-likeness (QED) is 0.877. The number of urea groups is 1. The monoisotopic (exact) mass is 287 g/mol. The summed E-state index contributed by atoms with van der Waals surface area (Å²) < 4.78 is 0. The number of nitrogens with zero attached hydrogens (tertiary/aromatic N) is 1. The van der Waals surface area contributed by atoms with Crippen LogP contribution in [-0.4, -0.2) is 29.4 Å². The van der Waals surface area contributed by atoms with E-state index < -0.39 is 5.91 Å². The van der Waals surface area contributed by atoms with Gasteiger partial charge in [-0.05, 0) is 49.8 Å². The van der Waals surface area contributed by atoms with Crippen LogP contribution >= 0.6 is 0 Å². The Bertz CT molecular complexity index is 558. The molecule has 21 heavy (non-hydrogen) atoms. The van der Waals surface area contributed by atoms with Crippen molar-refractivity contribution >= 4 is 17.6 Å². The average Bonchev–Trinajstić information content (AvgIpc) is 2.95. The Morgan fingerprint density at radius 2 is 2.00 bits per heavy atom. The van der Waals surface area contributed by atoms with Crippen LogP contribution in [0.4, 0.5) is 10.5 Å². The van der Waals surface area contributed by atoms with Crippen LogP contribution in [-0.2, 0) is 0 Å². The van der Waals surface area contributed by atoms with Crippen molar-refractivity contribution in [1.82, 2.24) is 4.90 Å². The first-order valence-corrected chi connectivity index (χ1v) is 7.62. The van der Waals surface area contributed by atoms with Crippen LogP contribution in [0, 0.1) is 5.92 Å². The van der Waals surface area contributed by atoms with Gasteiger partial charge in [0.2, 0.25) is 5.91 Å². The third-order valence-electron chi connectivity index (χ3n) is 4.65. The Kier molecular flexibility index (Phi) is 3.82. The molecule has 1 aliphatic carbocycles. The number of rotatable bonds is 2. The fourth-order valence-electron chi connectivity index (χ4n) is 3.65. The number of likely N-dealkylation sites (tertiary alicyclic amines) is 1. The molecule has 2 atom stereocenters. The topological polar surface area (TPSA) is 75.4 Å². The van der Waals surface area contributed by atoms with Crippen molar-refractivity contribution in [3.8, 4) is 0 Å². The SMILES string of the molecule is NC(=O)c1cccc(NC(=O)N2CCC[C@@H]3CCC[C@H]32)c1. The van der Waals surface area contributed by atoms with E-state index >= 15 is 0 Å². The first-order valence-electron chi connectivity index (χ1n) is 7.62. The zero-order chi connectivity index (χ0) is 14.8. The molecule has 3 rings (SSSR count). The second-order valence-corrected chi connectivity index (χ2v) is 5.97. The molecule has 2 aliphatic rings. The maximum atomic E-state index is 12.5. The molecule has 1 saturated heterocycles. The van der Waals surface area contributed by atoms with E-state index in [9.17, 15) is 9.59 Å². The van der Waals surface area contributed by atoms with Gasteiger partial charge in [0, 0.05) is 23.8 Å². The fraction of sp³-hybridized carbons (Fsp3) is 0.500. The van der Waals surface area contributed by atoms with Crippen LogP contribution in [0.1, 0.15) is 42.5 Å². The number of benzene rings is 1. The van der Waals surface area contributed by atoms with Crippen molar-refractivity contribution in [3.63, 3.8) is 0 Å². The van der Waals surface area contributed by atoms with Gasteiger partial charge in [0.15, 0.2) is 0 Å². The predicted octanol–water partition coefficient (Wildman–Crippen LogP) is 2.58. The zero-order valence-electron chi connectivity index (χ0n) is 12.0. The third kappa shape index (κ3) is 2.86. The van der Waals surface area contributed by atoms with Crippen LogP contribution < -0.4 is 11.1 Å². The lowest BCUT2D eigenvalue weighted by molar-refractivity contribution is 0.1000. The fourth-order valence-corrected chi connectivity index (χ4v) is 3.65. The second kappa shape index (κ2) is 5.76. The summed E-state index contributed by atoms with van der Waals surface area (Å²) in [5, 5.41) is 2.90. The summed E-state index contributed by atoms with van der Waals surface area (Å²) in [5.41, 5.74) is 6.29. The summed E-state index contributed by atoms with van der Waals surface area (Å²) in [5.74, 6) is 0.182. The summed E-state index contributed by atoms with van der Waals surface area (Å²) >= 11 is 0. The molecule has 3 amide bonds. The van der Waals surface area contributed by atoms with E-state index in [4.69, 9.17) is 5.73 Å². The molecule has 1 aromatic rings. The van der Waals surface area contributed by atoms with E-state index in [0.717, 1.165) is 19.4 Å².